The average Bonchev–Trinajstić information content (AvgIpc) is 2.96. The van der Waals surface area contributed by atoms with Crippen molar-refractivity contribution in [1.82, 2.24) is 14.3 Å². The van der Waals surface area contributed by atoms with E-state index in [1.807, 2.05) is 0 Å². The number of hydrogen-bond donors (Lipinski definition) is 0. The molecule has 2 aromatic rings. The Balaban J connectivity index is 2.00. The largest absolute Gasteiger partial charge is 0.351 e. The lowest BCUT2D eigenvalue weighted by Gasteiger charge is -2.31. The van der Waals surface area contributed by atoms with Gasteiger partial charge in [-0.1, -0.05) is 6.92 Å². The molecule has 0 aromatic carbocycles. The summed E-state index contributed by atoms with van der Waals surface area (Å²) in [5.74, 6) is 1.60. The lowest BCUT2D eigenvalue weighted by Crippen LogP contribution is -2.40. The van der Waals surface area contributed by atoms with E-state index in [-0.39, 0.29) is 0 Å². The van der Waals surface area contributed by atoms with Crippen LogP contribution < -0.4 is 4.90 Å². The minimum Gasteiger partial charge on any atom is -0.351 e. The Hall–Kier alpha value is -0.780. The predicted molar refractivity (Wildman–Crippen MR) is 86.2 cm³/mol. The third kappa shape index (κ3) is 2.43. The van der Waals surface area contributed by atoms with Crippen LogP contribution in [0.25, 0.3) is 4.96 Å². The molecule has 110 valence electrons. The maximum absolute atomic E-state index is 6.20. The number of hydrogen-bond acceptors (Lipinski definition) is 4. The maximum Gasteiger partial charge on any atom is 0.195 e. The van der Waals surface area contributed by atoms with E-state index in [2.05, 4.69) is 39.7 Å². The molecule has 1 fully saturated rings. The van der Waals surface area contributed by atoms with E-state index >= 15 is 0 Å². The van der Waals surface area contributed by atoms with Gasteiger partial charge in [-0.25, -0.2) is 4.98 Å². The lowest BCUT2D eigenvalue weighted by atomic mass is 10.2. The third-order valence-corrected chi connectivity index (χ3v) is 5.12. The van der Waals surface area contributed by atoms with Gasteiger partial charge in [0.05, 0.1) is 11.6 Å². The Morgan fingerprint density at radius 2 is 2.30 bits per heavy atom. The van der Waals surface area contributed by atoms with Crippen molar-refractivity contribution in [3.8, 4) is 0 Å². The van der Waals surface area contributed by atoms with Gasteiger partial charge in [0.1, 0.15) is 0 Å². The number of halogens is 1. The van der Waals surface area contributed by atoms with E-state index in [9.17, 15) is 0 Å². The molecule has 1 saturated heterocycles. The van der Waals surface area contributed by atoms with Crippen molar-refractivity contribution in [2.45, 2.75) is 31.7 Å². The average molecular weight is 313 g/mol. The highest BCUT2D eigenvalue weighted by atomic mass is 35.5. The van der Waals surface area contributed by atoms with E-state index in [1.165, 1.54) is 6.42 Å². The minimum absolute atomic E-state index is 0.510. The molecule has 2 aromatic heterocycles. The van der Waals surface area contributed by atoms with Gasteiger partial charge in [-0.15, -0.1) is 22.9 Å². The summed E-state index contributed by atoms with van der Waals surface area (Å²) >= 11 is 7.87. The zero-order chi connectivity index (χ0) is 14.1. The molecule has 1 atom stereocenters. The molecule has 20 heavy (non-hydrogen) atoms. The Labute approximate surface area is 129 Å². The fourth-order valence-electron chi connectivity index (χ4n) is 3.05. The number of thiazole rings is 1. The number of likely N-dealkylation sites (N-methyl/N-ethyl adjacent to an activating group) is 1. The number of alkyl halides is 1. The topological polar surface area (TPSA) is 23.8 Å². The van der Waals surface area contributed by atoms with Crippen molar-refractivity contribution >= 4 is 33.7 Å². The van der Waals surface area contributed by atoms with E-state index in [1.54, 1.807) is 11.3 Å². The highest BCUT2D eigenvalue weighted by Gasteiger charge is 2.27. The molecule has 0 saturated carbocycles. The summed E-state index contributed by atoms with van der Waals surface area (Å²) in [6.45, 7) is 5.59. The molecule has 0 amide bonds. The Bertz CT molecular complexity index is 579. The molecule has 0 N–H and O–H groups in total. The first kappa shape index (κ1) is 14.2. The Morgan fingerprint density at radius 3 is 3.05 bits per heavy atom. The molecule has 3 heterocycles. The van der Waals surface area contributed by atoms with Gasteiger partial charge in [-0.2, -0.15) is 0 Å². The smallest absolute Gasteiger partial charge is 0.195 e. The van der Waals surface area contributed by atoms with Gasteiger partial charge in [0, 0.05) is 30.7 Å². The second-order valence-electron chi connectivity index (χ2n) is 5.44. The van der Waals surface area contributed by atoms with Crippen molar-refractivity contribution in [3.63, 3.8) is 0 Å². The molecular weight excluding hydrogens is 292 g/mol. The highest BCUT2D eigenvalue weighted by molar-refractivity contribution is 7.15. The van der Waals surface area contributed by atoms with Crippen LogP contribution in [0.4, 0.5) is 5.82 Å². The van der Waals surface area contributed by atoms with Gasteiger partial charge in [0.25, 0.3) is 0 Å². The first-order chi connectivity index (χ1) is 9.74. The van der Waals surface area contributed by atoms with Crippen LogP contribution in [-0.4, -0.2) is 47.0 Å². The summed E-state index contributed by atoms with van der Waals surface area (Å²) in [7, 11) is 2.21. The van der Waals surface area contributed by atoms with Crippen LogP contribution in [0.1, 0.15) is 25.5 Å². The Kier molecular flexibility index (Phi) is 4.19. The van der Waals surface area contributed by atoms with Crippen molar-refractivity contribution in [2.75, 3.05) is 31.6 Å². The van der Waals surface area contributed by atoms with Crippen molar-refractivity contribution < 1.29 is 0 Å². The van der Waals surface area contributed by atoms with Gasteiger partial charge in [-0.05, 0) is 26.4 Å². The molecular formula is C14H21ClN4S. The first-order valence-corrected chi connectivity index (χ1v) is 8.61. The zero-order valence-corrected chi connectivity index (χ0v) is 13.6. The second-order valence-corrected chi connectivity index (χ2v) is 6.58. The zero-order valence-electron chi connectivity index (χ0n) is 12.0. The van der Waals surface area contributed by atoms with Crippen LogP contribution in [0.15, 0.2) is 11.6 Å². The van der Waals surface area contributed by atoms with Crippen LogP contribution in [-0.2, 0) is 5.88 Å². The predicted octanol–water partition coefficient (Wildman–Crippen LogP) is 3.06. The van der Waals surface area contributed by atoms with Gasteiger partial charge in [0.2, 0.25) is 0 Å². The molecule has 3 rings (SSSR count). The summed E-state index contributed by atoms with van der Waals surface area (Å²) in [5.41, 5.74) is 1.13. The van der Waals surface area contributed by atoms with Gasteiger partial charge in [0.15, 0.2) is 10.8 Å². The fourth-order valence-corrected chi connectivity index (χ4v) is 4.02. The molecule has 0 radical (unpaired) electrons. The van der Waals surface area contributed by atoms with Crippen molar-refractivity contribution in [1.29, 1.82) is 0 Å². The van der Waals surface area contributed by atoms with Crippen LogP contribution in [0.3, 0.4) is 0 Å². The number of rotatable bonds is 3. The molecule has 1 unspecified atom stereocenters. The third-order valence-electron chi connectivity index (χ3n) is 4.11. The van der Waals surface area contributed by atoms with E-state index in [4.69, 9.17) is 16.6 Å². The van der Waals surface area contributed by atoms with Gasteiger partial charge in [-0.3, -0.25) is 4.40 Å². The van der Waals surface area contributed by atoms with E-state index in [0.717, 1.165) is 42.5 Å². The monoisotopic (exact) mass is 312 g/mol. The molecule has 4 nitrogen and oxygen atoms in total. The van der Waals surface area contributed by atoms with Crippen LogP contribution in [0, 0.1) is 0 Å². The number of anilines is 1. The molecule has 0 aliphatic carbocycles. The Morgan fingerprint density at radius 1 is 1.45 bits per heavy atom. The normalized spacial score (nSPS) is 21.6. The molecule has 6 heteroatoms. The van der Waals surface area contributed by atoms with E-state index in [0.29, 0.717) is 11.9 Å². The SMILES string of the molecule is CCC1CN(C)CCCN1c1nc2sccn2c1CCl. The first-order valence-electron chi connectivity index (χ1n) is 7.20. The van der Waals surface area contributed by atoms with E-state index < -0.39 is 0 Å². The number of aromatic nitrogens is 2. The number of imidazole rings is 1. The highest BCUT2D eigenvalue weighted by Crippen LogP contribution is 2.29. The lowest BCUT2D eigenvalue weighted by molar-refractivity contribution is 0.327. The molecule has 0 bridgehead atoms. The van der Waals surface area contributed by atoms with Crippen molar-refractivity contribution in [3.05, 3.63) is 17.3 Å². The van der Waals surface area contributed by atoms with Crippen molar-refractivity contribution in [2.24, 2.45) is 0 Å². The fraction of sp³-hybridized carbons (Fsp3) is 0.643. The maximum atomic E-state index is 6.20. The molecule has 1 aliphatic heterocycles. The van der Waals surface area contributed by atoms with Gasteiger partial charge >= 0.3 is 0 Å². The standard InChI is InChI=1S/C14H21ClN4S/c1-3-11-10-17(2)5-4-6-18(11)13-12(9-15)19-7-8-20-14(19)16-13/h7-8,11H,3-6,9-10H2,1-2H3. The summed E-state index contributed by atoms with van der Waals surface area (Å²) in [5, 5.41) is 2.07. The second kappa shape index (κ2) is 5.92. The number of nitrogens with zero attached hydrogens (tertiary/aromatic N) is 4. The summed E-state index contributed by atoms with van der Waals surface area (Å²) in [6.07, 6.45) is 4.39. The van der Waals surface area contributed by atoms with Crippen LogP contribution in [0.2, 0.25) is 0 Å². The minimum atomic E-state index is 0.510. The summed E-state index contributed by atoms with van der Waals surface area (Å²) in [6, 6.07) is 0.522. The quantitative estimate of drug-likeness (QED) is 0.814. The van der Waals surface area contributed by atoms with Crippen LogP contribution >= 0.6 is 22.9 Å². The van der Waals surface area contributed by atoms with Crippen LogP contribution in [0.5, 0.6) is 0 Å². The summed E-state index contributed by atoms with van der Waals surface area (Å²) in [4.78, 5) is 10.8. The molecule has 0 spiro atoms. The summed E-state index contributed by atoms with van der Waals surface area (Å²) < 4.78 is 2.13. The molecule has 1 aliphatic rings. The van der Waals surface area contributed by atoms with Gasteiger partial charge < -0.3 is 9.80 Å². The number of fused-ring (bicyclic) bond motifs is 1.